The number of carbonyl (C=O) groups excluding carboxylic acids is 1. The number of rotatable bonds is 8. The van der Waals surface area contributed by atoms with Gasteiger partial charge in [-0.05, 0) is 47.8 Å². The van der Waals surface area contributed by atoms with Gasteiger partial charge in [0.1, 0.15) is 26.4 Å². The Kier molecular flexibility index (Phi) is 6.92. The molecule has 0 spiro atoms. The maximum atomic E-state index is 12.6. The van der Waals surface area contributed by atoms with Crippen LogP contribution >= 0.6 is 23.1 Å². The van der Waals surface area contributed by atoms with Crippen molar-refractivity contribution in [3.8, 4) is 11.5 Å². The van der Waals surface area contributed by atoms with Crippen molar-refractivity contribution in [3.05, 3.63) is 78.3 Å². The minimum Gasteiger partial charge on any atom is -0.457 e. The molecule has 0 bridgehead atoms. The van der Waals surface area contributed by atoms with E-state index < -0.39 is 9.84 Å². The minimum absolute atomic E-state index is 0.0265. The van der Waals surface area contributed by atoms with Gasteiger partial charge in [-0.15, -0.1) is 11.3 Å². The van der Waals surface area contributed by atoms with Gasteiger partial charge in [0.05, 0.1) is 11.9 Å². The van der Waals surface area contributed by atoms with Gasteiger partial charge in [0.15, 0.2) is 5.16 Å². The van der Waals surface area contributed by atoms with Crippen LogP contribution in [0.1, 0.15) is 0 Å². The van der Waals surface area contributed by atoms with Crippen molar-refractivity contribution in [2.75, 3.05) is 16.8 Å². The van der Waals surface area contributed by atoms with Gasteiger partial charge >= 0.3 is 0 Å². The summed E-state index contributed by atoms with van der Waals surface area (Å²) in [5.41, 5.74) is 6.47. The highest BCUT2D eigenvalue weighted by Gasteiger charge is 2.23. The second-order valence-electron chi connectivity index (χ2n) is 6.61. The molecule has 0 aliphatic carbocycles. The zero-order chi connectivity index (χ0) is 23.3. The monoisotopic (exact) mass is 498 g/mol. The number of thiophene rings is 1. The van der Waals surface area contributed by atoms with Gasteiger partial charge in [-0.2, -0.15) is 0 Å². The van der Waals surface area contributed by atoms with E-state index in [2.05, 4.69) is 15.3 Å². The van der Waals surface area contributed by atoms with Crippen LogP contribution in [0.15, 0.2) is 92.6 Å². The topological polar surface area (TPSA) is 124 Å². The van der Waals surface area contributed by atoms with Gasteiger partial charge in [-0.3, -0.25) is 4.79 Å². The molecule has 0 atom stereocenters. The number of nitrogens with zero attached hydrogens (tertiary/aromatic N) is 2. The summed E-state index contributed by atoms with van der Waals surface area (Å²) in [5, 5.41) is 4.65. The van der Waals surface area contributed by atoms with Crippen LogP contribution in [0.3, 0.4) is 0 Å². The molecule has 0 saturated heterocycles. The maximum Gasteiger partial charge on any atom is 0.234 e. The first-order valence-corrected chi connectivity index (χ1v) is 12.9. The van der Waals surface area contributed by atoms with E-state index in [0.29, 0.717) is 11.4 Å². The van der Waals surface area contributed by atoms with E-state index in [9.17, 15) is 13.2 Å². The summed E-state index contributed by atoms with van der Waals surface area (Å²) in [6, 6.07) is 19.5. The third-order valence-electron chi connectivity index (χ3n) is 4.26. The van der Waals surface area contributed by atoms with Crippen LogP contribution in [0.2, 0.25) is 0 Å². The summed E-state index contributed by atoms with van der Waals surface area (Å²) in [5.74, 6) is 0.970. The number of nitrogens with one attached hydrogen (secondary N) is 1. The molecular weight excluding hydrogens is 480 g/mol. The van der Waals surface area contributed by atoms with Crippen molar-refractivity contribution in [1.82, 2.24) is 9.97 Å². The zero-order valence-electron chi connectivity index (χ0n) is 17.0. The minimum atomic E-state index is -3.77. The standard InChI is InChI=1S/C22H18N4O4S3/c23-21-18(33(28,29)20-7-4-12-31-20)13-24-22(26-21)32-14-19(27)25-15-8-10-17(11-9-15)30-16-5-2-1-3-6-16/h1-13H,14H2,(H,25,27)(H2,23,24,26). The van der Waals surface area contributed by atoms with Crippen molar-refractivity contribution in [3.63, 3.8) is 0 Å². The van der Waals surface area contributed by atoms with Gasteiger partial charge < -0.3 is 15.8 Å². The van der Waals surface area contributed by atoms with E-state index in [1.807, 2.05) is 30.3 Å². The summed E-state index contributed by atoms with van der Waals surface area (Å²) in [6.45, 7) is 0. The van der Waals surface area contributed by atoms with Gasteiger partial charge in [0.25, 0.3) is 0 Å². The van der Waals surface area contributed by atoms with Crippen LogP contribution in [0.25, 0.3) is 0 Å². The highest BCUT2D eigenvalue weighted by Crippen LogP contribution is 2.28. The lowest BCUT2D eigenvalue weighted by Crippen LogP contribution is -2.14. The largest absolute Gasteiger partial charge is 0.457 e. The summed E-state index contributed by atoms with van der Waals surface area (Å²) < 4.78 is 31.1. The third kappa shape index (κ3) is 5.69. The molecule has 0 unspecified atom stereocenters. The molecule has 168 valence electrons. The molecule has 0 saturated carbocycles. The molecule has 2 heterocycles. The Bertz CT molecular complexity index is 1340. The molecule has 2 aromatic carbocycles. The number of carbonyl (C=O) groups is 1. The molecule has 0 radical (unpaired) electrons. The van der Waals surface area contributed by atoms with Crippen molar-refractivity contribution in [2.24, 2.45) is 0 Å². The van der Waals surface area contributed by atoms with E-state index in [4.69, 9.17) is 10.5 Å². The number of aromatic nitrogens is 2. The molecule has 1 amide bonds. The average molecular weight is 499 g/mol. The highest BCUT2D eigenvalue weighted by molar-refractivity contribution is 7.99. The Hall–Kier alpha value is -3.41. The number of nitrogens with two attached hydrogens (primary N) is 1. The molecule has 8 nitrogen and oxygen atoms in total. The number of para-hydroxylation sites is 1. The Morgan fingerprint density at radius 1 is 1.03 bits per heavy atom. The number of nitrogen functional groups attached to an aromatic ring is 1. The zero-order valence-corrected chi connectivity index (χ0v) is 19.5. The lowest BCUT2D eigenvalue weighted by molar-refractivity contribution is -0.113. The number of anilines is 2. The van der Waals surface area contributed by atoms with Crippen molar-refractivity contribution in [1.29, 1.82) is 0 Å². The molecule has 3 N–H and O–H groups in total. The summed E-state index contributed by atoms with van der Waals surface area (Å²) in [6.07, 6.45) is 1.17. The predicted molar refractivity (Wildman–Crippen MR) is 129 cm³/mol. The quantitative estimate of drug-likeness (QED) is 0.269. The molecule has 33 heavy (non-hydrogen) atoms. The maximum absolute atomic E-state index is 12.6. The second-order valence-corrected chi connectivity index (χ2v) is 10.6. The number of amides is 1. The Morgan fingerprint density at radius 3 is 2.42 bits per heavy atom. The highest BCUT2D eigenvalue weighted by atomic mass is 32.2. The molecule has 4 aromatic rings. The molecular formula is C22H18N4O4S3. The van der Waals surface area contributed by atoms with Gasteiger partial charge in [-0.1, -0.05) is 36.0 Å². The first kappa shape index (κ1) is 22.8. The Balaban J connectivity index is 1.33. The molecule has 0 fully saturated rings. The summed E-state index contributed by atoms with van der Waals surface area (Å²) in [4.78, 5) is 20.2. The van der Waals surface area contributed by atoms with Crippen molar-refractivity contribution < 1.29 is 17.9 Å². The van der Waals surface area contributed by atoms with E-state index in [1.54, 1.807) is 35.7 Å². The number of thioether (sulfide) groups is 1. The van der Waals surface area contributed by atoms with E-state index in [-0.39, 0.29) is 31.7 Å². The Morgan fingerprint density at radius 2 is 1.76 bits per heavy atom. The van der Waals surface area contributed by atoms with Gasteiger partial charge in [0.2, 0.25) is 15.7 Å². The average Bonchev–Trinajstić information content (AvgIpc) is 3.36. The van der Waals surface area contributed by atoms with Crippen LogP contribution < -0.4 is 15.8 Å². The summed E-state index contributed by atoms with van der Waals surface area (Å²) in [7, 11) is -3.77. The van der Waals surface area contributed by atoms with Crippen LogP contribution in [0.4, 0.5) is 11.5 Å². The van der Waals surface area contributed by atoms with Crippen LogP contribution in [-0.2, 0) is 14.6 Å². The van der Waals surface area contributed by atoms with Crippen molar-refractivity contribution in [2.45, 2.75) is 14.3 Å². The summed E-state index contributed by atoms with van der Waals surface area (Å²) >= 11 is 2.14. The number of sulfone groups is 1. The number of ether oxygens (including phenoxy) is 1. The molecule has 11 heteroatoms. The van der Waals surface area contributed by atoms with Gasteiger partial charge in [-0.25, -0.2) is 18.4 Å². The van der Waals surface area contributed by atoms with Crippen LogP contribution in [0.5, 0.6) is 11.5 Å². The fourth-order valence-electron chi connectivity index (χ4n) is 2.73. The number of hydrogen-bond donors (Lipinski definition) is 2. The van der Waals surface area contributed by atoms with E-state index >= 15 is 0 Å². The Labute approximate surface area is 198 Å². The van der Waals surface area contributed by atoms with E-state index in [1.165, 1.54) is 12.3 Å². The van der Waals surface area contributed by atoms with E-state index in [0.717, 1.165) is 28.8 Å². The first-order valence-electron chi connectivity index (χ1n) is 9.58. The SMILES string of the molecule is Nc1nc(SCC(=O)Nc2ccc(Oc3ccccc3)cc2)ncc1S(=O)(=O)c1cccs1. The fourth-order valence-corrected chi connectivity index (χ4v) is 5.73. The first-order chi connectivity index (χ1) is 15.9. The fraction of sp³-hybridized carbons (Fsp3) is 0.0455. The normalized spacial score (nSPS) is 11.2. The third-order valence-corrected chi connectivity index (χ3v) is 8.29. The molecule has 2 aromatic heterocycles. The van der Waals surface area contributed by atoms with Crippen LogP contribution in [0, 0.1) is 0 Å². The molecule has 0 aliphatic rings. The smallest absolute Gasteiger partial charge is 0.234 e. The number of hydrogen-bond acceptors (Lipinski definition) is 9. The lowest BCUT2D eigenvalue weighted by atomic mass is 10.3. The second kappa shape index (κ2) is 10.0. The van der Waals surface area contributed by atoms with Crippen molar-refractivity contribution >= 4 is 50.3 Å². The predicted octanol–water partition coefficient (Wildman–Crippen LogP) is 4.48. The lowest BCUT2D eigenvalue weighted by Gasteiger charge is -2.08. The van der Waals surface area contributed by atoms with Gasteiger partial charge in [0, 0.05) is 5.69 Å². The van der Waals surface area contributed by atoms with Crippen LogP contribution in [-0.4, -0.2) is 30.0 Å². The number of benzene rings is 2. The molecule has 4 rings (SSSR count). The molecule has 0 aliphatic heterocycles.